The molecule has 1 nitrogen and oxygen atoms in total. The van der Waals surface area contributed by atoms with Crippen molar-refractivity contribution < 1.29 is 4.74 Å². The number of ether oxygens (including phenoxy) is 1. The zero-order valence-electron chi connectivity index (χ0n) is 10.0. The van der Waals surface area contributed by atoms with E-state index in [0.29, 0.717) is 5.76 Å². The van der Waals surface area contributed by atoms with Crippen LogP contribution in [0.25, 0.3) is 15.8 Å². The Balaban J connectivity index is 1.99. The molecular formula is C16H11ClOS. The SMILES string of the molecule is Cl/C=C(\Oc1ccccc1)c1csc2ccccc12. The van der Waals surface area contributed by atoms with E-state index >= 15 is 0 Å². The van der Waals surface area contributed by atoms with Crippen LogP contribution in [0.15, 0.2) is 65.5 Å². The molecule has 0 saturated heterocycles. The van der Waals surface area contributed by atoms with Gasteiger partial charge in [0, 0.05) is 26.6 Å². The number of para-hydroxylation sites is 1. The first kappa shape index (κ1) is 12.3. The summed E-state index contributed by atoms with van der Waals surface area (Å²) >= 11 is 7.62. The molecule has 2 aromatic carbocycles. The third kappa shape index (κ3) is 2.50. The van der Waals surface area contributed by atoms with E-state index in [2.05, 4.69) is 17.5 Å². The van der Waals surface area contributed by atoms with E-state index in [4.69, 9.17) is 16.3 Å². The molecule has 0 aliphatic rings. The third-order valence-electron chi connectivity index (χ3n) is 2.82. The van der Waals surface area contributed by atoms with Gasteiger partial charge in [-0.2, -0.15) is 0 Å². The summed E-state index contributed by atoms with van der Waals surface area (Å²) in [6.45, 7) is 0. The van der Waals surface area contributed by atoms with Crippen LogP contribution in [0.3, 0.4) is 0 Å². The molecule has 19 heavy (non-hydrogen) atoms. The van der Waals surface area contributed by atoms with Crippen LogP contribution in [-0.2, 0) is 0 Å². The first-order valence-electron chi connectivity index (χ1n) is 5.88. The van der Waals surface area contributed by atoms with Gasteiger partial charge in [0.2, 0.25) is 0 Å². The van der Waals surface area contributed by atoms with Gasteiger partial charge in [0.15, 0.2) is 0 Å². The van der Waals surface area contributed by atoms with E-state index in [1.807, 2.05) is 42.5 Å². The van der Waals surface area contributed by atoms with Gasteiger partial charge in [-0.3, -0.25) is 0 Å². The monoisotopic (exact) mass is 286 g/mol. The minimum atomic E-state index is 0.672. The third-order valence-corrected chi connectivity index (χ3v) is 3.98. The molecule has 3 heteroatoms. The van der Waals surface area contributed by atoms with Crippen molar-refractivity contribution >= 4 is 38.8 Å². The average Bonchev–Trinajstić information content (AvgIpc) is 2.90. The highest BCUT2D eigenvalue weighted by atomic mass is 35.5. The molecule has 0 aliphatic carbocycles. The van der Waals surface area contributed by atoms with Crippen LogP contribution < -0.4 is 4.74 Å². The molecule has 0 aliphatic heterocycles. The van der Waals surface area contributed by atoms with Crippen molar-refractivity contribution in [1.29, 1.82) is 0 Å². The number of halogens is 1. The second-order valence-electron chi connectivity index (χ2n) is 4.03. The molecule has 0 unspecified atom stereocenters. The van der Waals surface area contributed by atoms with Crippen LogP contribution in [-0.4, -0.2) is 0 Å². The molecule has 0 atom stereocenters. The molecule has 0 bridgehead atoms. The Morgan fingerprint density at radius 2 is 1.74 bits per heavy atom. The fourth-order valence-corrected chi connectivity index (χ4v) is 3.03. The highest BCUT2D eigenvalue weighted by Gasteiger charge is 2.10. The predicted molar refractivity (Wildman–Crippen MR) is 82.7 cm³/mol. The fourth-order valence-electron chi connectivity index (χ4n) is 1.92. The van der Waals surface area contributed by atoms with E-state index in [0.717, 1.165) is 16.7 Å². The zero-order valence-corrected chi connectivity index (χ0v) is 11.6. The standard InChI is InChI=1S/C16H11ClOS/c17-10-15(18-12-6-2-1-3-7-12)14-11-19-16-9-5-4-8-13(14)16/h1-11H/b15-10-. The van der Waals surface area contributed by atoms with E-state index in [1.165, 1.54) is 10.2 Å². The van der Waals surface area contributed by atoms with Crippen molar-refractivity contribution in [3.05, 3.63) is 71.1 Å². The number of thiophene rings is 1. The zero-order chi connectivity index (χ0) is 13.1. The lowest BCUT2D eigenvalue weighted by Crippen LogP contribution is -1.93. The lowest BCUT2D eigenvalue weighted by molar-refractivity contribution is 0.517. The molecule has 1 heterocycles. The molecule has 0 fully saturated rings. The van der Waals surface area contributed by atoms with Crippen LogP contribution >= 0.6 is 22.9 Å². The van der Waals surface area contributed by atoms with Crippen molar-refractivity contribution in [2.24, 2.45) is 0 Å². The molecule has 0 N–H and O–H groups in total. The van der Waals surface area contributed by atoms with E-state index in [-0.39, 0.29) is 0 Å². The van der Waals surface area contributed by atoms with Gasteiger partial charge in [0.05, 0.1) is 0 Å². The van der Waals surface area contributed by atoms with Crippen molar-refractivity contribution in [2.45, 2.75) is 0 Å². The van der Waals surface area contributed by atoms with Crippen molar-refractivity contribution in [1.82, 2.24) is 0 Å². The average molecular weight is 287 g/mol. The maximum absolute atomic E-state index is 5.93. The highest BCUT2D eigenvalue weighted by molar-refractivity contribution is 7.17. The topological polar surface area (TPSA) is 9.23 Å². The Morgan fingerprint density at radius 3 is 2.53 bits per heavy atom. The summed E-state index contributed by atoms with van der Waals surface area (Å²) < 4.78 is 7.08. The van der Waals surface area contributed by atoms with Gasteiger partial charge in [-0.25, -0.2) is 0 Å². The molecule has 3 rings (SSSR count). The molecule has 94 valence electrons. The summed E-state index contributed by atoms with van der Waals surface area (Å²) in [6.07, 6.45) is 0. The second-order valence-corrected chi connectivity index (χ2v) is 5.16. The Labute approximate surface area is 120 Å². The fraction of sp³-hybridized carbons (Fsp3) is 0. The summed E-state index contributed by atoms with van der Waals surface area (Å²) in [6, 6.07) is 17.9. The number of benzene rings is 2. The molecule has 0 radical (unpaired) electrons. The predicted octanol–water partition coefficient (Wildman–Crippen LogP) is 5.52. The van der Waals surface area contributed by atoms with Crippen molar-refractivity contribution in [3.8, 4) is 5.75 Å². The largest absolute Gasteiger partial charge is 0.456 e. The summed E-state index contributed by atoms with van der Waals surface area (Å²) in [5.41, 5.74) is 2.51. The number of rotatable bonds is 3. The Morgan fingerprint density at radius 1 is 1.00 bits per heavy atom. The van der Waals surface area contributed by atoms with E-state index < -0.39 is 0 Å². The normalized spacial score (nSPS) is 11.7. The van der Waals surface area contributed by atoms with Crippen LogP contribution in [0.1, 0.15) is 5.56 Å². The Bertz CT molecular complexity index is 716. The number of fused-ring (bicyclic) bond motifs is 1. The summed E-state index contributed by atoms with van der Waals surface area (Å²) in [5, 5.41) is 3.23. The Hall–Kier alpha value is -1.77. The van der Waals surface area contributed by atoms with Gasteiger partial charge < -0.3 is 4.74 Å². The van der Waals surface area contributed by atoms with Gasteiger partial charge in [-0.05, 0) is 18.2 Å². The van der Waals surface area contributed by atoms with Gasteiger partial charge in [0.25, 0.3) is 0 Å². The van der Waals surface area contributed by atoms with E-state index in [9.17, 15) is 0 Å². The maximum atomic E-state index is 5.93. The van der Waals surface area contributed by atoms with Gasteiger partial charge >= 0.3 is 0 Å². The van der Waals surface area contributed by atoms with Crippen molar-refractivity contribution in [2.75, 3.05) is 0 Å². The summed E-state index contributed by atoms with van der Waals surface area (Å²) in [5.74, 6) is 1.45. The Kier molecular flexibility index (Phi) is 3.53. The van der Waals surface area contributed by atoms with Gasteiger partial charge in [-0.15, -0.1) is 11.3 Å². The molecule has 0 saturated carbocycles. The molecular weight excluding hydrogens is 276 g/mol. The summed E-state index contributed by atoms with van der Waals surface area (Å²) in [7, 11) is 0. The quantitative estimate of drug-likeness (QED) is 0.576. The van der Waals surface area contributed by atoms with Crippen LogP contribution in [0, 0.1) is 0 Å². The first-order chi connectivity index (χ1) is 9.38. The molecule has 1 aromatic heterocycles. The van der Waals surface area contributed by atoms with Crippen LogP contribution in [0.5, 0.6) is 5.75 Å². The molecule has 3 aromatic rings. The highest BCUT2D eigenvalue weighted by Crippen LogP contribution is 2.32. The minimum absolute atomic E-state index is 0.672. The molecule has 0 amide bonds. The molecule has 0 spiro atoms. The van der Waals surface area contributed by atoms with Crippen LogP contribution in [0.2, 0.25) is 0 Å². The lowest BCUT2D eigenvalue weighted by Gasteiger charge is -2.08. The second kappa shape index (κ2) is 5.47. The van der Waals surface area contributed by atoms with Crippen LogP contribution in [0.4, 0.5) is 0 Å². The van der Waals surface area contributed by atoms with Gasteiger partial charge in [-0.1, -0.05) is 48.0 Å². The number of hydrogen-bond acceptors (Lipinski definition) is 2. The minimum Gasteiger partial charge on any atom is -0.456 e. The summed E-state index contributed by atoms with van der Waals surface area (Å²) in [4.78, 5) is 0. The maximum Gasteiger partial charge on any atom is 0.147 e. The smallest absolute Gasteiger partial charge is 0.147 e. The van der Waals surface area contributed by atoms with Gasteiger partial charge in [0.1, 0.15) is 11.5 Å². The first-order valence-corrected chi connectivity index (χ1v) is 7.20. The number of hydrogen-bond donors (Lipinski definition) is 0. The van der Waals surface area contributed by atoms with Crippen molar-refractivity contribution in [3.63, 3.8) is 0 Å². The van der Waals surface area contributed by atoms with E-state index in [1.54, 1.807) is 11.3 Å². The lowest BCUT2D eigenvalue weighted by atomic mass is 10.1.